The number of alkyl halides is 3. The SMILES string of the molecule is CNC(=O)c1ccnc2c(C3CC(CNc4cc(-c5ccc(NC6CCN(CC(F)(F)F)CC6)nc5)ncn4)S3)cccc12. The zero-order chi connectivity index (χ0) is 30.7. The number of nitrogens with zero attached hydrogens (tertiary/aromatic N) is 5. The molecule has 0 saturated carbocycles. The molecule has 44 heavy (non-hydrogen) atoms. The van der Waals surface area contributed by atoms with Crippen molar-refractivity contribution in [1.82, 2.24) is 30.2 Å². The third kappa shape index (κ3) is 7.05. The van der Waals surface area contributed by atoms with Crippen molar-refractivity contribution in [3.8, 4) is 11.3 Å². The number of thioether (sulfide) groups is 1. The number of aromatic nitrogens is 4. The van der Waals surface area contributed by atoms with Gasteiger partial charge in [0.15, 0.2) is 0 Å². The molecule has 2 aliphatic rings. The van der Waals surface area contributed by atoms with Crippen LogP contribution in [0.5, 0.6) is 0 Å². The van der Waals surface area contributed by atoms with E-state index in [0.717, 1.165) is 46.5 Å². The fourth-order valence-electron chi connectivity index (χ4n) is 5.74. The summed E-state index contributed by atoms with van der Waals surface area (Å²) in [7, 11) is 1.63. The summed E-state index contributed by atoms with van der Waals surface area (Å²) in [6, 6.07) is 13.6. The van der Waals surface area contributed by atoms with E-state index in [1.54, 1.807) is 25.5 Å². The number of rotatable bonds is 9. The van der Waals surface area contributed by atoms with Crippen LogP contribution in [0.15, 0.2) is 61.2 Å². The normalized spacial score (nSPS) is 19.4. The molecule has 2 saturated heterocycles. The van der Waals surface area contributed by atoms with Gasteiger partial charge in [0.05, 0.1) is 23.3 Å². The number of pyridine rings is 2. The van der Waals surface area contributed by atoms with Gasteiger partial charge in [0.25, 0.3) is 5.91 Å². The number of para-hydroxylation sites is 1. The molecule has 9 nitrogen and oxygen atoms in total. The maximum Gasteiger partial charge on any atom is 0.401 e. The van der Waals surface area contributed by atoms with Gasteiger partial charge >= 0.3 is 6.18 Å². The molecule has 3 N–H and O–H groups in total. The van der Waals surface area contributed by atoms with Crippen molar-refractivity contribution in [2.75, 3.05) is 43.9 Å². The van der Waals surface area contributed by atoms with Gasteiger partial charge in [-0.3, -0.25) is 14.7 Å². The number of fused-ring (bicyclic) bond motifs is 1. The van der Waals surface area contributed by atoms with Crippen molar-refractivity contribution in [1.29, 1.82) is 0 Å². The van der Waals surface area contributed by atoms with E-state index in [1.807, 2.05) is 42.1 Å². The van der Waals surface area contributed by atoms with Crippen LogP contribution in [0, 0.1) is 0 Å². The van der Waals surface area contributed by atoms with Crippen molar-refractivity contribution in [2.45, 2.75) is 42.0 Å². The molecule has 1 aromatic carbocycles. The van der Waals surface area contributed by atoms with E-state index in [9.17, 15) is 18.0 Å². The average molecular weight is 623 g/mol. The number of hydrogen-bond acceptors (Lipinski definition) is 9. The Morgan fingerprint density at radius 3 is 2.59 bits per heavy atom. The second kappa shape index (κ2) is 12.9. The number of carbonyl (C=O) groups excluding carboxylic acids is 1. The van der Waals surface area contributed by atoms with Gasteiger partial charge in [-0.05, 0) is 43.0 Å². The minimum atomic E-state index is -4.16. The summed E-state index contributed by atoms with van der Waals surface area (Å²) in [5, 5.41) is 11.1. The number of likely N-dealkylation sites (tertiary alicyclic amines) is 1. The molecular formula is C31H33F3N8OS. The van der Waals surface area contributed by atoms with Crippen LogP contribution in [-0.2, 0) is 0 Å². The Morgan fingerprint density at radius 2 is 1.86 bits per heavy atom. The smallest absolute Gasteiger partial charge is 0.369 e. The van der Waals surface area contributed by atoms with E-state index in [0.29, 0.717) is 47.8 Å². The van der Waals surface area contributed by atoms with E-state index in [1.165, 1.54) is 11.2 Å². The summed E-state index contributed by atoms with van der Waals surface area (Å²) in [5.41, 5.74) is 4.25. The van der Waals surface area contributed by atoms with Crippen molar-refractivity contribution in [3.05, 3.63) is 72.3 Å². The number of hydrogen-bond donors (Lipinski definition) is 3. The lowest BCUT2D eigenvalue weighted by atomic mass is 9.99. The minimum absolute atomic E-state index is 0.0913. The standard InChI is InChI=1S/C31H33F3N8OS/c1-35-30(43)23-7-10-36-29-22(23)3-2-4-24(29)26-13-21(44-26)16-38-28-14-25(39-18-40-28)19-5-6-27(37-15-19)41-20-8-11-42(12-9-20)17-31(32,33)34/h2-7,10,14-15,18,20-21,26H,8-9,11-13,16-17H2,1H3,(H,35,43)(H,37,41)(H,38,39,40). The van der Waals surface area contributed by atoms with Gasteiger partial charge in [-0.1, -0.05) is 18.2 Å². The Kier molecular flexibility index (Phi) is 8.85. The van der Waals surface area contributed by atoms with Crippen LogP contribution in [-0.4, -0.2) is 81.4 Å². The zero-order valence-electron chi connectivity index (χ0n) is 24.1. The Bertz CT molecular complexity index is 1610. The molecule has 13 heteroatoms. The molecule has 2 fully saturated rings. The molecule has 4 aromatic rings. The highest BCUT2D eigenvalue weighted by molar-refractivity contribution is 8.01. The minimum Gasteiger partial charge on any atom is -0.369 e. The monoisotopic (exact) mass is 622 g/mol. The second-order valence-electron chi connectivity index (χ2n) is 11.1. The number of benzene rings is 1. The average Bonchev–Trinajstić information content (AvgIpc) is 3.00. The second-order valence-corrected chi connectivity index (χ2v) is 12.6. The number of anilines is 2. The Labute approximate surface area is 257 Å². The maximum atomic E-state index is 12.6. The van der Waals surface area contributed by atoms with Crippen LogP contribution < -0.4 is 16.0 Å². The Morgan fingerprint density at radius 1 is 1.05 bits per heavy atom. The highest BCUT2D eigenvalue weighted by atomic mass is 32.2. The van der Waals surface area contributed by atoms with Gasteiger partial charge in [0.2, 0.25) is 0 Å². The van der Waals surface area contributed by atoms with Crippen LogP contribution in [0.2, 0.25) is 0 Å². The molecule has 230 valence electrons. The summed E-state index contributed by atoms with van der Waals surface area (Å²) in [4.78, 5) is 31.7. The molecule has 2 atom stereocenters. The first-order chi connectivity index (χ1) is 21.3. The number of piperidine rings is 1. The Balaban J connectivity index is 1.00. The molecule has 0 radical (unpaired) electrons. The molecular weight excluding hydrogens is 589 g/mol. The molecule has 0 bridgehead atoms. The number of amides is 1. The number of nitrogens with one attached hydrogen (secondary N) is 3. The van der Waals surface area contributed by atoms with E-state index >= 15 is 0 Å². The Hall–Kier alpha value is -3.97. The topological polar surface area (TPSA) is 108 Å². The van der Waals surface area contributed by atoms with E-state index in [-0.39, 0.29) is 11.9 Å². The highest BCUT2D eigenvalue weighted by Crippen LogP contribution is 2.50. The summed E-state index contributed by atoms with van der Waals surface area (Å²) >= 11 is 1.88. The molecule has 5 heterocycles. The maximum absolute atomic E-state index is 12.6. The predicted molar refractivity (Wildman–Crippen MR) is 167 cm³/mol. The molecule has 3 aromatic heterocycles. The third-order valence-corrected chi connectivity index (χ3v) is 9.55. The first kappa shape index (κ1) is 30.1. The van der Waals surface area contributed by atoms with Gasteiger partial charge in [0, 0.05) is 72.6 Å². The number of halogens is 3. The summed E-state index contributed by atoms with van der Waals surface area (Å²) in [6.07, 6.45) is 3.06. The lowest BCUT2D eigenvalue weighted by molar-refractivity contribution is -0.147. The molecule has 2 aliphatic heterocycles. The fraction of sp³-hybridized carbons (Fsp3) is 0.387. The van der Waals surface area contributed by atoms with E-state index in [2.05, 4.69) is 42.0 Å². The van der Waals surface area contributed by atoms with Crippen molar-refractivity contribution >= 4 is 40.2 Å². The van der Waals surface area contributed by atoms with Crippen LogP contribution in [0.1, 0.15) is 40.4 Å². The third-order valence-electron chi connectivity index (χ3n) is 8.03. The van der Waals surface area contributed by atoms with Crippen LogP contribution >= 0.6 is 11.8 Å². The molecule has 0 aliphatic carbocycles. The van der Waals surface area contributed by atoms with Gasteiger partial charge < -0.3 is 16.0 Å². The number of carbonyl (C=O) groups is 1. The quantitative estimate of drug-likeness (QED) is 0.222. The van der Waals surface area contributed by atoms with Gasteiger partial charge in [-0.25, -0.2) is 15.0 Å². The van der Waals surface area contributed by atoms with Crippen molar-refractivity contribution in [2.24, 2.45) is 0 Å². The zero-order valence-corrected chi connectivity index (χ0v) is 25.0. The summed E-state index contributed by atoms with van der Waals surface area (Å²) in [5.74, 6) is 1.30. The van der Waals surface area contributed by atoms with Gasteiger partial charge in [0.1, 0.15) is 18.0 Å². The lowest BCUT2D eigenvalue weighted by Crippen LogP contribution is -2.43. The summed E-state index contributed by atoms with van der Waals surface area (Å²) in [6.45, 7) is 0.717. The van der Waals surface area contributed by atoms with Crippen LogP contribution in [0.3, 0.4) is 0 Å². The molecule has 6 rings (SSSR count). The van der Waals surface area contributed by atoms with Gasteiger partial charge in [-0.2, -0.15) is 13.2 Å². The van der Waals surface area contributed by atoms with E-state index in [4.69, 9.17) is 0 Å². The van der Waals surface area contributed by atoms with Crippen molar-refractivity contribution < 1.29 is 18.0 Å². The molecule has 2 unspecified atom stereocenters. The first-order valence-corrected chi connectivity index (χ1v) is 15.5. The largest absolute Gasteiger partial charge is 0.401 e. The molecule has 0 spiro atoms. The van der Waals surface area contributed by atoms with Crippen molar-refractivity contribution in [3.63, 3.8) is 0 Å². The highest BCUT2D eigenvalue weighted by Gasteiger charge is 2.33. The van der Waals surface area contributed by atoms with Gasteiger partial charge in [-0.15, -0.1) is 11.8 Å². The van der Waals surface area contributed by atoms with Crippen LogP contribution in [0.4, 0.5) is 24.8 Å². The predicted octanol–water partition coefficient (Wildman–Crippen LogP) is 5.54. The first-order valence-electron chi connectivity index (χ1n) is 14.6. The van der Waals surface area contributed by atoms with E-state index < -0.39 is 12.7 Å². The fourth-order valence-corrected chi connectivity index (χ4v) is 7.01. The molecule has 1 amide bonds. The summed E-state index contributed by atoms with van der Waals surface area (Å²) < 4.78 is 37.9. The van der Waals surface area contributed by atoms with Crippen LogP contribution in [0.25, 0.3) is 22.2 Å². The lowest BCUT2D eigenvalue weighted by Gasteiger charge is -2.35.